The Morgan fingerprint density at radius 3 is 2.43 bits per heavy atom. The van der Waals surface area contributed by atoms with Gasteiger partial charge in [0, 0.05) is 0 Å². The first-order chi connectivity index (χ1) is 6.49. The molecule has 0 spiro atoms. The predicted octanol–water partition coefficient (Wildman–Crippen LogP) is 4.49. The van der Waals surface area contributed by atoms with E-state index in [2.05, 4.69) is 27.7 Å². The lowest BCUT2D eigenvalue weighted by Crippen LogP contribution is -2.39. The molecule has 14 heavy (non-hydrogen) atoms. The van der Waals surface area contributed by atoms with Crippen LogP contribution in [0.15, 0.2) is 0 Å². The maximum absolute atomic E-state index is 2.50. The summed E-state index contributed by atoms with van der Waals surface area (Å²) in [7, 11) is 0. The summed E-state index contributed by atoms with van der Waals surface area (Å²) in [6.45, 7) is 9.90. The van der Waals surface area contributed by atoms with E-state index in [9.17, 15) is 0 Å². The zero-order chi connectivity index (χ0) is 10.3. The molecule has 0 amide bonds. The fourth-order valence-electron chi connectivity index (χ4n) is 3.83. The summed E-state index contributed by atoms with van der Waals surface area (Å²) in [5.74, 6) is 4.08. The third-order valence-electron chi connectivity index (χ3n) is 5.15. The monoisotopic (exact) mass is 194 g/mol. The van der Waals surface area contributed by atoms with Crippen LogP contribution in [0.4, 0.5) is 0 Å². The van der Waals surface area contributed by atoms with Crippen molar-refractivity contribution >= 4 is 0 Å². The molecule has 0 nitrogen and oxygen atoms in total. The molecule has 82 valence electrons. The van der Waals surface area contributed by atoms with Crippen LogP contribution in [-0.4, -0.2) is 0 Å². The summed E-state index contributed by atoms with van der Waals surface area (Å²) >= 11 is 0. The first kappa shape index (κ1) is 10.5. The lowest BCUT2D eigenvalue weighted by Gasteiger charge is -2.48. The fraction of sp³-hybridized carbons (Fsp3) is 1.00. The molecule has 2 aliphatic carbocycles. The zero-order valence-corrected chi connectivity index (χ0v) is 10.3. The van der Waals surface area contributed by atoms with Gasteiger partial charge in [-0.3, -0.25) is 0 Å². The van der Waals surface area contributed by atoms with Crippen molar-refractivity contribution in [1.29, 1.82) is 0 Å². The lowest BCUT2D eigenvalue weighted by molar-refractivity contribution is 0.0199. The van der Waals surface area contributed by atoms with Crippen LogP contribution < -0.4 is 0 Å². The zero-order valence-electron chi connectivity index (χ0n) is 10.3. The topological polar surface area (TPSA) is 0 Å². The minimum Gasteiger partial charge on any atom is -0.0622 e. The van der Waals surface area contributed by atoms with Crippen molar-refractivity contribution in [3.8, 4) is 0 Å². The third kappa shape index (κ3) is 1.85. The standard InChI is InChI=1S/C14H26/c1-10-5-6-12-7-8-14(3,4)9-13(12)11(10)2/h10-13H,5-9H2,1-4H3. The van der Waals surface area contributed by atoms with Gasteiger partial charge in [-0.15, -0.1) is 0 Å². The van der Waals surface area contributed by atoms with E-state index in [-0.39, 0.29) is 0 Å². The van der Waals surface area contributed by atoms with E-state index in [4.69, 9.17) is 0 Å². The van der Waals surface area contributed by atoms with Gasteiger partial charge in [0.05, 0.1) is 0 Å². The molecule has 0 aromatic rings. The van der Waals surface area contributed by atoms with Crippen LogP contribution in [0.3, 0.4) is 0 Å². The molecule has 0 heteroatoms. The Bertz CT molecular complexity index is 202. The van der Waals surface area contributed by atoms with Gasteiger partial charge in [-0.2, -0.15) is 0 Å². The minimum atomic E-state index is 0.631. The van der Waals surface area contributed by atoms with Gasteiger partial charge in [-0.05, 0) is 54.8 Å². The minimum absolute atomic E-state index is 0.631. The molecule has 2 saturated carbocycles. The average Bonchev–Trinajstić information content (AvgIpc) is 2.11. The highest BCUT2D eigenvalue weighted by molar-refractivity contribution is 4.91. The van der Waals surface area contributed by atoms with Crippen molar-refractivity contribution in [3.05, 3.63) is 0 Å². The Morgan fingerprint density at radius 1 is 1.00 bits per heavy atom. The van der Waals surface area contributed by atoms with Gasteiger partial charge in [0.15, 0.2) is 0 Å². The van der Waals surface area contributed by atoms with Crippen LogP contribution in [-0.2, 0) is 0 Å². The van der Waals surface area contributed by atoms with E-state index in [1.54, 1.807) is 0 Å². The summed E-state index contributed by atoms with van der Waals surface area (Å²) < 4.78 is 0. The molecule has 0 aromatic carbocycles. The van der Waals surface area contributed by atoms with Crippen molar-refractivity contribution in [1.82, 2.24) is 0 Å². The maximum Gasteiger partial charge on any atom is -0.0351 e. The van der Waals surface area contributed by atoms with Gasteiger partial charge in [-0.1, -0.05) is 34.1 Å². The van der Waals surface area contributed by atoms with Gasteiger partial charge < -0.3 is 0 Å². The molecular formula is C14H26. The third-order valence-corrected chi connectivity index (χ3v) is 5.15. The van der Waals surface area contributed by atoms with E-state index in [0.29, 0.717) is 5.41 Å². The summed E-state index contributed by atoms with van der Waals surface area (Å²) in [6, 6.07) is 0. The van der Waals surface area contributed by atoms with Crippen LogP contribution in [0.5, 0.6) is 0 Å². The second-order valence-corrected chi connectivity index (χ2v) is 6.74. The lowest BCUT2D eigenvalue weighted by atomic mass is 9.57. The second-order valence-electron chi connectivity index (χ2n) is 6.74. The van der Waals surface area contributed by atoms with Crippen molar-refractivity contribution in [2.75, 3.05) is 0 Å². The van der Waals surface area contributed by atoms with Gasteiger partial charge in [0.1, 0.15) is 0 Å². The number of fused-ring (bicyclic) bond motifs is 1. The van der Waals surface area contributed by atoms with Crippen molar-refractivity contribution in [3.63, 3.8) is 0 Å². The first-order valence-electron chi connectivity index (χ1n) is 6.49. The van der Waals surface area contributed by atoms with E-state index in [0.717, 1.165) is 23.7 Å². The Kier molecular flexibility index (Phi) is 2.66. The van der Waals surface area contributed by atoms with E-state index >= 15 is 0 Å². The first-order valence-corrected chi connectivity index (χ1v) is 6.49. The molecule has 0 aliphatic heterocycles. The van der Waals surface area contributed by atoms with Gasteiger partial charge in [0.25, 0.3) is 0 Å². The molecule has 0 saturated heterocycles. The van der Waals surface area contributed by atoms with Gasteiger partial charge in [-0.25, -0.2) is 0 Å². The van der Waals surface area contributed by atoms with Crippen molar-refractivity contribution < 1.29 is 0 Å². The molecule has 0 N–H and O–H groups in total. The van der Waals surface area contributed by atoms with Crippen molar-refractivity contribution in [2.24, 2.45) is 29.1 Å². The van der Waals surface area contributed by atoms with Crippen LogP contribution in [0.25, 0.3) is 0 Å². The number of hydrogen-bond acceptors (Lipinski definition) is 0. The summed E-state index contributed by atoms with van der Waals surface area (Å²) in [4.78, 5) is 0. The average molecular weight is 194 g/mol. The van der Waals surface area contributed by atoms with Gasteiger partial charge in [0.2, 0.25) is 0 Å². The highest BCUT2D eigenvalue weighted by Gasteiger charge is 2.41. The molecule has 4 atom stereocenters. The van der Waals surface area contributed by atoms with Gasteiger partial charge >= 0.3 is 0 Å². The smallest absolute Gasteiger partial charge is 0.0351 e. The Hall–Kier alpha value is 0. The highest BCUT2D eigenvalue weighted by Crippen LogP contribution is 2.51. The predicted molar refractivity (Wildman–Crippen MR) is 62.2 cm³/mol. The largest absolute Gasteiger partial charge is 0.0622 e. The molecule has 0 bridgehead atoms. The second kappa shape index (κ2) is 3.54. The molecule has 0 heterocycles. The van der Waals surface area contributed by atoms with E-state index in [1.807, 2.05) is 0 Å². The number of rotatable bonds is 0. The molecule has 2 fully saturated rings. The normalized spacial score (nSPS) is 47.1. The van der Waals surface area contributed by atoms with Crippen molar-refractivity contribution in [2.45, 2.75) is 59.8 Å². The fourth-order valence-corrected chi connectivity index (χ4v) is 3.83. The Morgan fingerprint density at radius 2 is 1.71 bits per heavy atom. The summed E-state index contributed by atoms with van der Waals surface area (Å²) in [5, 5.41) is 0. The van der Waals surface area contributed by atoms with Crippen LogP contribution >= 0.6 is 0 Å². The van der Waals surface area contributed by atoms with Crippen LogP contribution in [0, 0.1) is 29.1 Å². The maximum atomic E-state index is 2.50. The van der Waals surface area contributed by atoms with E-state index < -0.39 is 0 Å². The summed E-state index contributed by atoms with van der Waals surface area (Å²) in [5.41, 5.74) is 0.631. The Balaban J connectivity index is 2.08. The number of hydrogen-bond donors (Lipinski definition) is 0. The Labute approximate surface area is 89.5 Å². The molecule has 0 radical (unpaired) electrons. The van der Waals surface area contributed by atoms with Crippen LogP contribution in [0.2, 0.25) is 0 Å². The molecule has 4 unspecified atom stereocenters. The molecule has 0 aromatic heterocycles. The van der Waals surface area contributed by atoms with Crippen LogP contribution in [0.1, 0.15) is 59.8 Å². The highest BCUT2D eigenvalue weighted by atomic mass is 14.5. The summed E-state index contributed by atoms with van der Waals surface area (Å²) in [6.07, 6.45) is 7.47. The molecular weight excluding hydrogens is 168 g/mol. The SMILES string of the molecule is CC1CCC2CCC(C)(C)CC2C1C. The molecule has 2 rings (SSSR count). The molecule has 2 aliphatic rings. The quantitative estimate of drug-likeness (QED) is 0.533. The van der Waals surface area contributed by atoms with E-state index in [1.165, 1.54) is 32.1 Å².